The lowest BCUT2D eigenvalue weighted by Crippen LogP contribution is -2.40. The zero-order valence-corrected chi connectivity index (χ0v) is 15.3. The van der Waals surface area contributed by atoms with Gasteiger partial charge in [0, 0.05) is 0 Å². The first-order valence-electron chi connectivity index (χ1n) is 7.21. The molecule has 2 unspecified atom stereocenters. The van der Waals surface area contributed by atoms with Crippen LogP contribution in [0, 0.1) is 5.92 Å². The molecule has 0 radical (unpaired) electrons. The van der Waals surface area contributed by atoms with Crippen molar-refractivity contribution >= 4 is 26.5 Å². The Morgan fingerprint density at radius 1 is 1.28 bits per heavy atom. The molecular formula is C12H22N2O9S2. The molecule has 4 N–H and O–H groups in total. The third-order valence-corrected chi connectivity index (χ3v) is 4.41. The number of hydrogen-bond donors (Lipinski definition) is 4. The van der Waals surface area contributed by atoms with Crippen LogP contribution in [0.4, 0.5) is 0 Å². The SMILES string of the molecule is CCCC(c1[nH]cc[n+]1CCC(C)C(=O)O)S(=O)(=O)O.O=S(=O)([O-])O. The number of carbonyl (C=O) groups is 1. The van der Waals surface area contributed by atoms with E-state index in [1.54, 1.807) is 23.9 Å². The van der Waals surface area contributed by atoms with Gasteiger partial charge in [-0.25, -0.2) is 18.0 Å². The summed E-state index contributed by atoms with van der Waals surface area (Å²) in [7, 11) is -9.11. The molecule has 1 rings (SSSR count). The second-order valence-electron chi connectivity index (χ2n) is 5.29. The highest BCUT2D eigenvalue weighted by molar-refractivity contribution is 7.86. The summed E-state index contributed by atoms with van der Waals surface area (Å²) in [6.07, 6.45) is 4.52. The lowest BCUT2D eigenvalue weighted by molar-refractivity contribution is -0.704. The van der Waals surface area contributed by atoms with Gasteiger partial charge in [0.25, 0.3) is 15.9 Å². The third kappa shape index (κ3) is 10.1. The second-order valence-corrected chi connectivity index (χ2v) is 7.74. The number of aliphatic carboxylic acids is 1. The van der Waals surface area contributed by atoms with Crippen LogP contribution in [0.1, 0.15) is 44.2 Å². The molecule has 1 aromatic heterocycles. The Bertz CT molecular complexity index is 747. The lowest BCUT2D eigenvalue weighted by Gasteiger charge is -2.10. The average molecular weight is 402 g/mol. The maximum atomic E-state index is 11.4. The zero-order valence-electron chi connectivity index (χ0n) is 13.7. The Morgan fingerprint density at radius 2 is 1.80 bits per heavy atom. The summed E-state index contributed by atoms with van der Waals surface area (Å²) in [6.45, 7) is 3.81. The third-order valence-electron chi connectivity index (χ3n) is 3.24. The minimum atomic E-state index is -4.92. The maximum absolute atomic E-state index is 11.4. The van der Waals surface area contributed by atoms with E-state index in [4.69, 9.17) is 22.6 Å². The number of rotatable bonds is 8. The summed E-state index contributed by atoms with van der Waals surface area (Å²) in [5.74, 6) is -1.02. The highest BCUT2D eigenvalue weighted by Gasteiger charge is 2.33. The minimum Gasteiger partial charge on any atom is -0.726 e. The first kappa shape index (κ1) is 23.5. The monoisotopic (exact) mass is 402 g/mol. The highest BCUT2D eigenvalue weighted by atomic mass is 32.3. The number of carboxylic acids is 1. The van der Waals surface area contributed by atoms with Gasteiger partial charge in [-0.3, -0.25) is 13.9 Å². The van der Waals surface area contributed by atoms with Gasteiger partial charge in [0.05, 0.1) is 12.5 Å². The Morgan fingerprint density at radius 3 is 2.20 bits per heavy atom. The van der Waals surface area contributed by atoms with Crippen molar-refractivity contribution < 1.29 is 45.0 Å². The first-order valence-corrected chi connectivity index (χ1v) is 10.1. The smallest absolute Gasteiger partial charge is 0.306 e. The summed E-state index contributed by atoms with van der Waals surface area (Å²) in [6, 6.07) is 0. The number of aryl methyl sites for hydroxylation is 1. The van der Waals surface area contributed by atoms with Crippen molar-refractivity contribution in [1.82, 2.24) is 4.98 Å². The van der Waals surface area contributed by atoms with Crippen LogP contribution in [0.15, 0.2) is 12.4 Å². The van der Waals surface area contributed by atoms with E-state index in [1.165, 1.54) is 0 Å². The molecule has 1 aromatic rings. The molecular weight excluding hydrogens is 380 g/mol. The van der Waals surface area contributed by atoms with E-state index in [0.717, 1.165) is 0 Å². The predicted molar refractivity (Wildman–Crippen MR) is 83.9 cm³/mol. The number of aromatic nitrogens is 2. The minimum absolute atomic E-state index is 0.299. The Hall–Kier alpha value is -1.54. The molecule has 13 heteroatoms. The highest BCUT2D eigenvalue weighted by Crippen LogP contribution is 2.22. The molecule has 0 saturated carbocycles. The number of imidazole rings is 1. The van der Waals surface area contributed by atoms with Gasteiger partial charge in [0.2, 0.25) is 10.4 Å². The Balaban J connectivity index is 0.00000101. The van der Waals surface area contributed by atoms with E-state index in [-0.39, 0.29) is 0 Å². The van der Waals surface area contributed by atoms with E-state index in [9.17, 15) is 17.8 Å². The molecule has 2 atom stereocenters. The standard InChI is InChI=1S/C12H20N2O5S.H2O4S/c1-3-4-10(20(17,18)19)11-13-6-8-14(11)7-5-9(2)12(15)16;1-5(2,3)4/h6,8-10H,3-5,7H2,1-2H3,(H2,15,16,17,18,19);(H2,1,2,3,4). The normalized spacial score (nSPS) is 14.3. The van der Waals surface area contributed by atoms with E-state index < -0.39 is 37.7 Å². The molecule has 0 bridgehead atoms. The summed E-state index contributed by atoms with van der Waals surface area (Å²) in [4.78, 5) is 13.6. The van der Waals surface area contributed by atoms with Gasteiger partial charge in [0.15, 0.2) is 5.25 Å². The number of hydrogen-bond acceptors (Lipinski definition) is 6. The fourth-order valence-corrected chi connectivity index (χ4v) is 3.01. The van der Waals surface area contributed by atoms with Crippen molar-refractivity contribution in [2.24, 2.45) is 5.92 Å². The fourth-order valence-electron chi connectivity index (χ4n) is 1.99. The predicted octanol–water partition coefficient (Wildman–Crippen LogP) is 0.147. The van der Waals surface area contributed by atoms with E-state index in [1.807, 2.05) is 6.92 Å². The molecule has 0 aliphatic carbocycles. The van der Waals surface area contributed by atoms with Crippen LogP contribution >= 0.6 is 0 Å². The van der Waals surface area contributed by atoms with Crippen molar-refractivity contribution in [3.8, 4) is 0 Å². The number of carboxylic acid groups (broad SMARTS) is 1. The molecule has 0 fully saturated rings. The molecule has 1 heterocycles. The lowest BCUT2D eigenvalue weighted by atomic mass is 10.1. The summed E-state index contributed by atoms with van der Waals surface area (Å²) >= 11 is 0. The van der Waals surface area contributed by atoms with Crippen LogP contribution in [0.2, 0.25) is 0 Å². The van der Waals surface area contributed by atoms with Gasteiger partial charge in [0.1, 0.15) is 12.4 Å². The van der Waals surface area contributed by atoms with E-state index >= 15 is 0 Å². The number of aromatic amines is 1. The molecule has 11 nitrogen and oxygen atoms in total. The van der Waals surface area contributed by atoms with Crippen LogP contribution in [-0.2, 0) is 31.9 Å². The van der Waals surface area contributed by atoms with Gasteiger partial charge in [-0.15, -0.1) is 0 Å². The van der Waals surface area contributed by atoms with Crippen molar-refractivity contribution in [3.63, 3.8) is 0 Å². The van der Waals surface area contributed by atoms with Crippen LogP contribution in [0.3, 0.4) is 0 Å². The first-order chi connectivity index (χ1) is 11.3. The quantitative estimate of drug-likeness (QED) is 0.266. The molecule has 0 saturated heterocycles. The van der Waals surface area contributed by atoms with Crippen molar-refractivity contribution in [1.29, 1.82) is 0 Å². The molecule has 146 valence electrons. The zero-order chi connectivity index (χ0) is 19.8. The van der Waals surface area contributed by atoms with Crippen LogP contribution in [0.25, 0.3) is 0 Å². The Kier molecular flexibility index (Phi) is 9.21. The van der Waals surface area contributed by atoms with E-state index in [0.29, 0.717) is 31.6 Å². The van der Waals surface area contributed by atoms with Crippen LogP contribution < -0.4 is 4.57 Å². The molecule has 25 heavy (non-hydrogen) atoms. The number of nitrogens with zero attached hydrogens (tertiary/aromatic N) is 1. The van der Waals surface area contributed by atoms with Crippen LogP contribution in [0.5, 0.6) is 0 Å². The summed E-state index contributed by atoms with van der Waals surface area (Å²) in [5, 5.41) is 7.84. The van der Waals surface area contributed by atoms with Gasteiger partial charge >= 0.3 is 5.97 Å². The summed E-state index contributed by atoms with van der Waals surface area (Å²) in [5.41, 5.74) is 0. The second kappa shape index (κ2) is 9.82. The van der Waals surface area contributed by atoms with Crippen molar-refractivity contribution in [3.05, 3.63) is 18.2 Å². The van der Waals surface area contributed by atoms with Gasteiger partial charge in [-0.05, 0) is 12.8 Å². The molecule has 0 aromatic carbocycles. The molecule has 0 spiro atoms. The fraction of sp³-hybridized carbons (Fsp3) is 0.667. The van der Waals surface area contributed by atoms with Gasteiger partial charge < -0.3 is 9.66 Å². The Labute approximate surface area is 146 Å². The summed E-state index contributed by atoms with van der Waals surface area (Å²) < 4.78 is 66.7. The van der Waals surface area contributed by atoms with Crippen molar-refractivity contribution in [2.45, 2.75) is 44.9 Å². The molecule has 0 amide bonds. The van der Waals surface area contributed by atoms with Gasteiger partial charge in [-0.1, -0.05) is 20.3 Å². The average Bonchev–Trinajstić information content (AvgIpc) is 2.86. The maximum Gasteiger partial charge on any atom is 0.306 e. The van der Waals surface area contributed by atoms with E-state index in [2.05, 4.69) is 4.98 Å². The molecule has 0 aliphatic rings. The molecule has 0 aliphatic heterocycles. The van der Waals surface area contributed by atoms with Gasteiger partial charge in [-0.2, -0.15) is 8.42 Å². The number of nitrogens with one attached hydrogen (secondary N) is 1. The largest absolute Gasteiger partial charge is 0.726 e. The van der Waals surface area contributed by atoms with Crippen molar-refractivity contribution in [2.75, 3.05) is 0 Å². The van der Waals surface area contributed by atoms with Crippen LogP contribution in [-0.4, -0.2) is 46.6 Å². The number of H-pyrrole nitrogens is 1. The topological polar surface area (TPSA) is 189 Å².